The Morgan fingerprint density at radius 1 is 1.31 bits per heavy atom. The average molecular weight is 377 g/mol. The molecule has 1 heterocycles. The molecule has 0 N–H and O–H groups in total. The quantitative estimate of drug-likeness (QED) is 0.334. The molecule has 1 unspecified atom stereocenters. The Balaban J connectivity index is 2.41. The van der Waals surface area contributed by atoms with Crippen LogP contribution in [-0.4, -0.2) is 27.0 Å². The van der Waals surface area contributed by atoms with Crippen molar-refractivity contribution in [3.8, 4) is 0 Å². The molecule has 0 aromatic carbocycles. The number of esters is 1. The van der Waals surface area contributed by atoms with E-state index in [-0.39, 0.29) is 28.9 Å². The van der Waals surface area contributed by atoms with Gasteiger partial charge >= 0.3 is 5.97 Å². The minimum atomic E-state index is -1.98. The van der Waals surface area contributed by atoms with Crippen molar-refractivity contribution in [1.82, 2.24) is 0 Å². The number of ether oxygens (including phenoxy) is 1. The predicted molar refractivity (Wildman–Crippen MR) is 110 cm³/mol. The van der Waals surface area contributed by atoms with Crippen LogP contribution in [0.5, 0.6) is 0 Å². The van der Waals surface area contributed by atoms with Gasteiger partial charge in [0.1, 0.15) is 0 Å². The number of cyclic esters (lactones) is 1. The van der Waals surface area contributed by atoms with Gasteiger partial charge in [0.25, 0.3) is 0 Å². The maximum atomic E-state index is 12.9. The van der Waals surface area contributed by atoms with Crippen LogP contribution >= 0.6 is 0 Å². The van der Waals surface area contributed by atoms with E-state index in [2.05, 4.69) is 53.6 Å². The first-order valence-corrected chi connectivity index (χ1v) is 12.7. The summed E-state index contributed by atoms with van der Waals surface area (Å²) in [5.74, 6) is 0.393. The third-order valence-corrected chi connectivity index (χ3v) is 11.5. The van der Waals surface area contributed by atoms with E-state index in [1.807, 2.05) is 18.2 Å². The number of rotatable bonds is 7. The molecule has 2 fully saturated rings. The van der Waals surface area contributed by atoms with Gasteiger partial charge in [0, 0.05) is 5.92 Å². The van der Waals surface area contributed by atoms with Gasteiger partial charge in [-0.3, -0.25) is 4.79 Å². The van der Waals surface area contributed by atoms with Crippen molar-refractivity contribution < 1.29 is 14.0 Å². The van der Waals surface area contributed by atoms with Crippen molar-refractivity contribution in [2.45, 2.75) is 64.3 Å². The molecule has 0 amide bonds. The Hall–Kier alpha value is -1.13. The van der Waals surface area contributed by atoms with Crippen LogP contribution in [0.15, 0.2) is 38.0 Å². The van der Waals surface area contributed by atoms with Crippen LogP contribution < -0.4 is 0 Å². The molecular weight excluding hydrogens is 340 g/mol. The van der Waals surface area contributed by atoms with Crippen LogP contribution in [0.4, 0.5) is 0 Å². The third kappa shape index (κ3) is 3.50. The van der Waals surface area contributed by atoms with Crippen LogP contribution in [0, 0.1) is 23.2 Å². The Bertz CT molecular complexity index is 574. The second-order valence-electron chi connectivity index (χ2n) is 9.46. The molecule has 1 spiro atoms. The van der Waals surface area contributed by atoms with E-state index in [4.69, 9.17) is 9.16 Å². The molecule has 1 aliphatic carbocycles. The molecule has 0 aromatic rings. The van der Waals surface area contributed by atoms with Crippen molar-refractivity contribution in [2.75, 3.05) is 6.61 Å². The molecule has 0 radical (unpaired) electrons. The molecule has 1 saturated heterocycles. The summed E-state index contributed by atoms with van der Waals surface area (Å²) in [5.41, 5.74) is -0.531. The average Bonchev–Trinajstić information content (AvgIpc) is 3.08. The molecule has 146 valence electrons. The monoisotopic (exact) mass is 376 g/mol. The molecule has 0 bridgehead atoms. The van der Waals surface area contributed by atoms with Crippen molar-refractivity contribution in [2.24, 2.45) is 23.2 Å². The maximum Gasteiger partial charge on any atom is 0.313 e. The van der Waals surface area contributed by atoms with Gasteiger partial charge in [-0.25, -0.2) is 0 Å². The second kappa shape index (κ2) is 7.47. The summed E-state index contributed by atoms with van der Waals surface area (Å²) in [6, 6.07) is 0. The molecule has 3 nitrogen and oxygen atoms in total. The summed E-state index contributed by atoms with van der Waals surface area (Å²) in [7, 11) is -1.98. The minimum absolute atomic E-state index is 0.0371. The van der Waals surface area contributed by atoms with Crippen LogP contribution in [0.2, 0.25) is 18.1 Å². The molecule has 2 aliphatic rings. The van der Waals surface area contributed by atoms with E-state index in [1.165, 1.54) is 0 Å². The molecule has 0 aromatic heterocycles. The summed E-state index contributed by atoms with van der Waals surface area (Å²) in [6.45, 7) is 23.6. The van der Waals surface area contributed by atoms with Gasteiger partial charge in [0.2, 0.25) is 0 Å². The number of carbonyl (C=O) groups excluding carboxylic acids is 1. The number of carbonyl (C=O) groups is 1. The summed E-state index contributed by atoms with van der Waals surface area (Å²) in [5, 5.41) is 0.111. The fourth-order valence-corrected chi connectivity index (χ4v) is 5.78. The van der Waals surface area contributed by atoms with Crippen LogP contribution in [-0.2, 0) is 14.0 Å². The van der Waals surface area contributed by atoms with E-state index < -0.39 is 13.7 Å². The van der Waals surface area contributed by atoms with E-state index in [0.717, 1.165) is 19.3 Å². The first-order chi connectivity index (χ1) is 12.0. The van der Waals surface area contributed by atoms with Crippen molar-refractivity contribution >= 4 is 14.3 Å². The van der Waals surface area contributed by atoms with Crippen molar-refractivity contribution in [1.29, 1.82) is 0 Å². The standard InChI is InChI=1S/C22H36O3Si/c1-9-12-19(25-26(7,8)21(4,5)6)18-15-24-20(23)22(18)14-16(10-2)13-17(22)11-3/h9-11,16-19H,1-3,12-15H2,4-8H3/t16-,17+,18+,19?,22+/m0/s1. The Labute approximate surface area is 160 Å². The first kappa shape index (κ1) is 21.2. The Kier molecular flexibility index (Phi) is 6.08. The molecule has 2 rings (SSSR count). The van der Waals surface area contributed by atoms with Crippen LogP contribution in [0.3, 0.4) is 0 Å². The Morgan fingerprint density at radius 2 is 1.96 bits per heavy atom. The van der Waals surface area contributed by atoms with Gasteiger partial charge in [-0.05, 0) is 49.2 Å². The predicted octanol–water partition coefficient (Wildman–Crippen LogP) is 5.51. The normalized spacial score (nSPS) is 33.1. The van der Waals surface area contributed by atoms with Gasteiger partial charge in [-0.15, -0.1) is 19.7 Å². The maximum absolute atomic E-state index is 12.9. The molecule has 26 heavy (non-hydrogen) atoms. The second-order valence-corrected chi connectivity index (χ2v) is 14.2. The van der Waals surface area contributed by atoms with Crippen molar-refractivity contribution in [3.05, 3.63) is 38.0 Å². The third-order valence-electron chi connectivity index (χ3n) is 6.97. The van der Waals surface area contributed by atoms with Crippen molar-refractivity contribution in [3.63, 3.8) is 0 Å². The molecule has 4 heteroatoms. The highest BCUT2D eigenvalue weighted by Crippen LogP contribution is 2.58. The van der Waals surface area contributed by atoms with E-state index in [1.54, 1.807) is 0 Å². The minimum Gasteiger partial charge on any atom is -0.465 e. The molecule has 5 atom stereocenters. The fraction of sp³-hybridized carbons (Fsp3) is 0.682. The van der Waals surface area contributed by atoms with Gasteiger partial charge in [0.15, 0.2) is 8.32 Å². The topological polar surface area (TPSA) is 35.5 Å². The van der Waals surface area contributed by atoms with Gasteiger partial charge in [-0.2, -0.15) is 0 Å². The Morgan fingerprint density at radius 3 is 2.46 bits per heavy atom. The first-order valence-electron chi connectivity index (χ1n) is 9.74. The van der Waals surface area contributed by atoms with Crippen LogP contribution in [0.25, 0.3) is 0 Å². The number of hydrogen-bond donors (Lipinski definition) is 0. The highest BCUT2D eigenvalue weighted by molar-refractivity contribution is 6.74. The largest absolute Gasteiger partial charge is 0.465 e. The lowest BCUT2D eigenvalue weighted by atomic mass is 9.67. The number of hydrogen-bond acceptors (Lipinski definition) is 3. The van der Waals surface area contributed by atoms with Crippen LogP contribution in [0.1, 0.15) is 40.0 Å². The zero-order valence-corrected chi connectivity index (χ0v) is 18.2. The summed E-state index contributed by atoms with van der Waals surface area (Å²) in [4.78, 5) is 12.9. The fourth-order valence-electron chi connectivity index (χ4n) is 4.41. The summed E-state index contributed by atoms with van der Waals surface area (Å²) >= 11 is 0. The zero-order valence-electron chi connectivity index (χ0n) is 17.2. The molecule has 1 aliphatic heterocycles. The van der Waals surface area contributed by atoms with E-state index in [0.29, 0.717) is 12.5 Å². The highest BCUT2D eigenvalue weighted by Gasteiger charge is 2.62. The number of allylic oxidation sites excluding steroid dienone is 2. The lowest BCUT2D eigenvalue weighted by Crippen LogP contribution is -2.50. The lowest BCUT2D eigenvalue weighted by molar-refractivity contribution is -0.148. The highest BCUT2D eigenvalue weighted by atomic mass is 28.4. The molecular formula is C22H36O3Si. The van der Waals surface area contributed by atoms with Gasteiger partial charge < -0.3 is 9.16 Å². The smallest absolute Gasteiger partial charge is 0.313 e. The van der Waals surface area contributed by atoms with E-state index >= 15 is 0 Å². The van der Waals surface area contributed by atoms with E-state index in [9.17, 15) is 4.79 Å². The van der Waals surface area contributed by atoms with Gasteiger partial charge in [0.05, 0.1) is 18.1 Å². The lowest BCUT2D eigenvalue weighted by Gasteiger charge is -2.43. The summed E-state index contributed by atoms with van der Waals surface area (Å²) in [6.07, 6.45) is 8.22. The molecule has 1 saturated carbocycles. The zero-order chi connectivity index (χ0) is 19.8. The summed E-state index contributed by atoms with van der Waals surface area (Å²) < 4.78 is 12.4. The van der Waals surface area contributed by atoms with Gasteiger partial charge in [-0.1, -0.05) is 39.0 Å². The SMILES string of the molecule is C=CCC(O[Si](C)(C)C(C)(C)C)[C@H]1COC(=O)[C@@]12C[C@@H](C=C)C[C@H]2C=C.